The molecule has 1 aromatic heterocycles. The number of benzene rings is 2. The lowest BCUT2D eigenvalue weighted by molar-refractivity contribution is 0.379. The summed E-state index contributed by atoms with van der Waals surface area (Å²) in [6, 6.07) is 18.5. The van der Waals surface area contributed by atoms with Gasteiger partial charge in [0.15, 0.2) is 5.82 Å². The lowest BCUT2D eigenvalue weighted by Gasteiger charge is -2.10. The molecule has 3 aromatic rings. The van der Waals surface area contributed by atoms with Crippen LogP contribution >= 0.6 is 0 Å². The minimum Gasteiger partial charge on any atom is -0.376 e. The fraction of sp³-hybridized carbons (Fsp3) is 0.125. The summed E-state index contributed by atoms with van der Waals surface area (Å²) in [4.78, 5) is 4.19. The Kier molecular flexibility index (Phi) is 3.46. The third-order valence-electron chi connectivity index (χ3n) is 3.01. The molecule has 2 aromatic carbocycles. The Labute approximate surface area is 117 Å². The van der Waals surface area contributed by atoms with Gasteiger partial charge in [-0.2, -0.15) is 4.98 Å². The highest BCUT2D eigenvalue weighted by Gasteiger charge is 2.06. The van der Waals surface area contributed by atoms with Crippen LogP contribution in [0, 0.1) is 6.92 Å². The summed E-state index contributed by atoms with van der Waals surface area (Å²) in [5.41, 5.74) is 3.39. The maximum Gasteiger partial charge on any atom is 0.245 e. The Morgan fingerprint density at radius 2 is 1.75 bits per heavy atom. The second-order valence-electron chi connectivity index (χ2n) is 4.50. The molecular formula is C16H15N3O. The van der Waals surface area contributed by atoms with Crippen LogP contribution in [0.1, 0.15) is 11.7 Å². The molecule has 1 N–H and O–H groups in total. The molecule has 0 aliphatic carbocycles. The zero-order valence-electron chi connectivity index (χ0n) is 11.2. The van der Waals surface area contributed by atoms with Crippen LogP contribution in [-0.4, -0.2) is 10.1 Å². The molecule has 20 heavy (non-hydrogen) atoms. The molecule has 0 aliphatic heterocycles. The SMILES string of the molecule is Cc1noc(CNc2ccccc2-c2ccccc2)n1. The van der Waals surface area contributed by atoms with Gasteiger partial charge in [-0.25, -0.2) is 0 Å². The predicted molar refractivity (Wildman–Crippen MR) is 78.2 cm³/mol. The number of nitrogens with one attached hydrogen (secondary N) is 1. The number of nitrogens with zero attached hydrogens (tertiary/aromatic N) is 2. The van der Waals surface area contributed by atoms with Crippen LogP contribution in [0.3, 0.4) is 0 Å². The molecule has 0 bridgehead atoms. The Morgan fingerprint density at radius 3 is 2.50 bits per heavy atom. The van der Waals surface area contributed by atoms with Gasteiger partial charge in [-0.15, -0.1) is 0 Å². The second kappa shape index (κ2) is 5.57. The molecule has 0 radical (unpaired) electrons. The van der Waals surface area contributed by atoms with Crippen LogP contribution in [-0.2, 0) is 6.54 Å². The standard InChI is InChI=1S/C16H15N3O/c1-12-18-16(20-19-12)11-17-15-10-6-5-9-14(15)13-7-3-2-4-8-13/h2-10,17H,11H2,1H3. The monoisotopic (exact) mass is 265 g/mol. The molecular weight excluding hydrogens is 250 g/mol. The van der Waals surface area contributed by atoms with Crippen LogP contribution in [0.2, 0.25) is 0 Å². The van der Waals surface area contributed by atoms with Gasteiger partial charge < -0.3 is 9.84 Å². The van der Waals surface area contributed by atoms with E-state index in [4.69, 9.17) is 4.52 Å². The first kappa shape index (κ1) is 12.4. The van der Waals surface area contributed by atoms with Crippen LogP contribution in [0.5, 0.6) is 0 Å². The molecule has 0 saturated heterocycles. The predicted octanol–water partition coefficient (Wildman–Crippen LogP) is 3.66. The molecule has 1 heterocycles. The van der Waals surface area contributed by atoms with E-state index in [-0.39, 0.29) is 0 Å². The van der Waals surface area contributed by atoms with Crippen LogP contribution < -0.4 is 5.32 Å². The quantitative estimate of drug-likeness (QED) is 0.782. The molecule has 0 fully saturated rings. The molecule has 100 valence electrons. The van der Waals surface area contributed by atoms with Gasteiger partial charge in [0.05, 0.1) is 6.54 Å². The van der Waals surface area contributed by atoms with Crippen molar-refractivity contribution in [1.29, 1.82) is 0 Å². The van der Waals surface area contributed by atoms with E-state index in [0.717, 1.165) is 11.3 Å². The highest BCUT2D eigenvalue weighted by molar-refractivity contribution is 5.77. The summed E-state index contributed by atoms with van der Waals surface area (Å²) < 4.78 is 5.11. The maximum absolute atomic E-state index is 5.11. The Morgan fingerprint density at radius 1 is 1.00 bits per heavy atom. The smallest absolute Gasteiger partial charge is 0.245 e. The first-order valence-corrected chi connectivity index (χ1v) is 6.50. The van der Waals surface area contributed by atoms with Crippen molar-refractivity contribution in [3.8, 4) is 11.1 Å². The van der Waals surface area contributed by atoms with E-state index < -0.39 is 0 Å². The van der Waals surface area contributed by atoms with E-state index in [0.29, 0.717) is 18.3 Å². The van der Waals surface area contributed by atoms with E-state index >= 15 is 0 Å². The third kappa shape index (κ3) is 2.69. The first-order valence-electron chi connectivity index (χ1n) is 6.50. The number of para-hydroxylation sites is 1. The zero-order chi connectivity index (χ0) is 13.8. The number of hydrogen-bond donors (Lipinski definition) is 1. The number of hydrogen-bond acceptors (Lipinski definition) is 4. The summed E-state index contributed by atoms with van der Waals surface area (Å²) >= 11 is 0. The molecule has 0 amide bonds. The number of aromatic nitrogens is 2. The highest BCUT2D eigenvalue weighted by atomic mass is 16.5. The minimum absolute atomic E-state index is 0.519. The van der Waals surface area contributed by atoms with Crippen molar-refractivity contribution in [1.82, 2.24) is 10.1 Å². The van der Waals surface area contributed by atoms with Gasteiger partial charge in [0.25, 0.3) is 0 Å². The fourth-order valence-electron chi connectivity index (χ4n) is 2.09. The molecule has 3 rings (SSSR count). The van der Waals surface area contributed by atoms with Gasteiger partial charge >= 0.3 is 0 Å². The second-order valence-corrected chi connectivity index (χ2v) is 4.50. The summed E-state index contributed by atoms with van der Waals surface area (Å²) in [6.45, 7) is 2.33. The van der Waals surface area contributed by atoms with E-state index in [9.17, 15) is 0 Å². The van der Waals surface area contributed by atoms with E-state index in [2.05, 4.69) is 33.7 Å². The number of rotatable bonds is 4. The highest BCUT2D eigenvalue weighted by Crippen LogP contribution is 2.27. The van der Waals surface area contributed by atoms with Gasteiger partial charge in [0, 0.05) is 11.3 Å². The van der Waals surface area contributed by atoms with Crippen molar-refractivity contribution in [3.05, 3.63) is 66.3 Å². The van der Waals surface area contributed by atoms with Crippen molar-refractivity contribution < 1.29 is 4.52 Å². The van der Waals surface area contributed by atoms with Gasteiger partial charge in [0.2, 0.25) is 5.89 Å². The van der Waals surface area contributed by atoms with Crippen LogP contribution in [0.15, 0.2) is 59.1 Å². The van der Waals surface area contributed by atoms with E-state index in [1.54, 1.807) is 0 Å². The van der Waals surface area contributed by atoms with Gasteiger partial charge in [-0.05, 0) is 18.6 Å². The van der Waals surface area contributed by atoms with Crippen molar-refractivity contribution in [2.75, 3.05) is 5.32 Å². The van der Waals surface area contributed by atoms with Crippen LogP contribution in [0.4, 0.5) is 5.69 Å². The normalized spacial score (nSPS) is 10.4. The first-order chi connectivity index (χ1) is 9.83. The zero-order valence-corrected chi connectivity index (χ0v) is 11.2. The van der Waals surface area contributed by atoms with Gasteiger partial charge in [-0.1, -0.05) is 53.7 Å². The van der Waals surface area contributed by atoms with Gasteiger partial charge in [-0.3, -0.25) is 0 Å². The lowest BCUT2D eigenvalue weighted by Crippen LogP contribution is -2.01. The molecule has 4 heteroatoms. The summed E-state index contributed by atoms with van der Waals surface area (Å²) in [7, 11) is 0. The average Bonchev–Trinajstić information content (AvgIpc) is 2.92. The Bertz CT molecular complexity index is 692. The molecule has 0 unspecified atom stereocenters. The average molecular weight is 265 g/mol. The van der Waals surface area contributed by atoms with Gasteiger partial charge in [0.1, 0.15) is 0 Å². The number of anilines is 1. The van der Waals surface area contributed by atoms with Crippen LogP contribution in [0.25, 0.3) is 11.1 Å². The topological polar surface area (TPSA) is 51.0 Å². The van der Waals surface area contributed by atoms with Crippen molar-refractivity contribution in [2.24, 2.45) is 0 Å². The lowest BCUT2D eigenvalue weighted by atomic mass is 10.0. The van der Waals surface area contributed by atoms with Crippen molar-refractivity contribution in [2.45, 2.75) is 13.5 Å². The molecule has 4 nitrogen and oxygen atoms in total. The third-order valence-corrected chi connectivity index (χ3v) is 3.01. The Balaban J connectivity index is 1.83. The minimum atomic E-state index is 0.519. The molecule has 0 spiro atoms. The molecule has 0 aliphatic rings. The summed E-state index contributed by atoms with van der Waals surface area (Å²) in [5.74, 6) is 1.24. The molecule has 0 atom stereocenters. The summed E-state index contributed by atoms with van der Waals surface area (Å²) in [5, 5.41) is 7.13. The van der Waals surface area contributed by atoms with E-state index in [1.165, 1.54) is 5.56 Å². The largest absolute Gasteiger partial charge is 0.376 e. The summed E-state index contributed by atoms with van der Waals surface area (Å²) in [6.07, 6.45) is 0. The van der Waals surface area contributed by atoms with Crippen molar-refractivity contribution in [3.63, 3.8) is 0 Å². The molecule has 0 saturated carbocycles. The Hall–Kier alpha value is -2.62. The van der Waals surface area contributed by atoms with Crippen molar-refractivity contribution >= 4 is 5.69 Å². The number of aryl methyl sites for hydroxylation is 1. The van der Waals surface area contributed by atoms with E-state index in [1.807, 2.05) is 43.3 Å². The maximum atomic E-state index is 5.11. The fourth-order valence-corrected chi connectivity index (χ4v) is 2.09.